The smallest absolute Gasteiger partial charge is 0.303 e. The van der Waals surface area contributed by atoms with Crippen LogP contribution in [0.1, 0.15) is 39.0 Å². The van der Waals surface area contributed by atoms with Crippen LogP contribution in [0.25, 0.3) is 0 Å². The zero-order valence-electron chi connectivity index (χ0n) is 8.92. The van der Waals surface area contributed by atoms with Crippen molar-refractivity contribution in [3.63, 3.8) is 0 Å². The Labute approximate surface area is 85.8 Å². The van der Waals surface area contributed by atoms with E-state index in [0.29, 0.717) is 6.61 Å². The molecule has 3 heteroatoms. The van der Waals surface area contributed by atoms with E-state index in [1.807, 2.05) is 6.92 Å². The molecule has 0 unspecified atom stereocenters. The molecule has 0 heterocycles. The summed E-state index contributed by atoms with van der Waals surface area (Å²) < 4.78 is 5.31. The van der Waals surface area contributed by atoms with E-state index in [1.54, 1.807) is 0 Å². The van der Waals surface area contributed by atoms with Crippen molar-refractivity contribution in [2.45, 2.75) is 39.0 Å². The molecular formula is C11H20O3. The molecular weight excluding hydrogens is 180 g/mol. The number of carboxylic acid groups (broad SMARTS) is 1. The van der Waals surface area contributed by atoms with Crippen molar-refractivity contribution < 1.29 is 14.6 Å². The first-order valence-corrected chi connectivity index (χ1v) is 5.07. The first kappa shape index (κ1) is 13.2. The lowest BCUT2D eigenvalue weighted by molar-refractivity contribution is -0.137. The van der Waals surface area contributed by atoms with Crippen LogP contribution in [-0.4, -0.2) is 24.3 Å². The van der Waals surface area contributed by atoms with Gasteiger partial charge in [-0.15, -0.1) is 0 Å². The predicted octanol–water partition coefficient (Wildman–Crippen LogP) is 2.61. The van der Waals surface area contributed by atoms with Crippen molar-refractivity contribution in [2.75, 3.05) is 13.2 Å². The molecule has 0 aliphatic rings. The average Bonchev–Trinajstić information content (AvgIpc) is 2.08. The number of carbonyl (C=O) groups is 1. The molecule has 0 atom stereocenters. The Kier molecular flexibility index (Phi) is 8.24. The van der Waals surface area contributed by atoms with Crippen molar-refractivity contribution in [1.29, 1.82) is 0 Å². The molecule has 0 aliphatic carbocycles. The lowest BCUT2D eigenvalue weighted by Crippen LogP contribution is -1.98. The third-order valence-corrected chi connectivity index (χ3v) is 1.78. The molecule has 0 fully saturated rings. The third-order valence-electron chi connectivity index (χ3n) is 1.78. The molecule has 0 aromatic rings. The van der Waals surface area contributed by atoms with Gasteiger partial charge in [0.15, 0.2) is 0 Å². The van der Waals surface area contributed by atoms with Crippen molar-refractivity contribution in [1.82, 2.24) is 0 Å². The number of aliphatic carboxylic acids is 1. The van der Waals surface area contributed by atoms with Crippen LogP contribution in [0.5, 0.6) is 0 Å². The minimum atomic E-state index is -0.705. The molecule has 3 nitrogen and oxygen atoms in total. The summed E-state index contributed by atoms with van der Waals surface area (Å²) in [6.07, 6.45) is 4.08. The molecule has 0 aromatic heterocycles. The maximum absolute atomic E-state index is 10.2. The highest BCUT2D eigenvalue weighted by atomic mass is 16.5. The molecule has 0 amide bonds. The molecule has 0 rings (SSSR count). The second-order valence-electron chi connectivity index (χ2n) is 3.57. The summed E-state index contributed by atoms with van der Waals surface area (Å²) in [6, 6.07) is 0. The van der Waals surface area contributed by atoms with Crippen LogP contribution in [0.4, 0.5) is 0 Å². The topological polar surface area (TPSA) is 46.5 Å². The fourth-order valence-electron chi connectivity index (χ4n) is 1.08. The van der Waals surface area contributed by atoms with Gasteiger partial charge in [0.05, 0.1) is 6.61 Å². The molecule has 0 saturated heterocycles. The number of unbranched alkanes of at least 4 members (excludes halogenated alkanes) is 3. The molecule has 82 valence electrons. The van der Waals surface area contributed by atoms with Gasteiger partial charge in [0.1, 0.15) is 0 Å². The molecule has 0 aliphatic heterocycles. The minimum absolute atomic E-state index is 0.284. The van der Waals surface area contributed by atoms with E-state index in [-0.39, 0.29) is 6.42 Å². The van der Waals surface area contributed by atoms with E-state index in [1.165, 1.54) is 0 Å². The van der Waals surface area contributed by atoms with Crippen molar-refractivity contribution in [3.8, 4) is 0 Å². The van der Waals surface area contributed by atoms with E-state index in [9.17, 15) is 4.79 Å². The van der Waals surface area contributed by atoms with Gasteiger partial charge in [-0.25, -0.2) is 0 Å². The zero-order valence-corrected chi connectivity index (χ0v) is 8.92. The maximum atomic E-state index is 10.2. The van der Waals surface area contributed by atoms with Gasteiger partial charge in [-0.1, -0.05) is 25.0 Å². The van der Waals surface area contributed by atoms with Gasteiger partial charge < -0.3 is 9.84 Å². The van der Waals surface area contributed by atoms with Crippen molar-refractivity contribution in [3.05, 3.63) is 12.2 Å². The average molecular weight is 200 g/mol. The fourth-order valence-corrected chi connectivity index (χ4v) is 1.08. The Bertz CT molecular complexity index is 155. The van der Waals surface area contributed by atoms with E-state index < -0.39 is 5.97 Å². The van der Waals surface area contributed by atoms with Gasteiger partial charge in [0.2, 0.25) is 0 Å². The Balaban J connectivity index is 2.99. The van der Waals surface area contributed by atoms with E-state index in [4.69, 9.17) is 9.84 Å². The number of carboxylic acids is 1. The summed E-state index contributed by atoms with van der Waals surface area (Å²) >= 11 is 0. The molecule has 1 N–H and O–H groups in total. The summed E-state index contributed by atoms with van der Waals surface area (Å²) in [4.78, 5) is 10.2. The van der Waals surface area contributed by atoms with Gasteiger partial charge in [-0.3, -0.25) is 4.79 Å². The van der Waals surface area contributed by atoms with Gasteiger partial charge in [0, 0.05) is 13.0 Å². The van der Waals surface area contributed by atoms with E-state index in [0.717, 1.165) is 37.9 Å². The number of hydrogen-bond donors (Lipinski definition) is 1. The van der Waals surface area contributed by atoms with Crippen LogP contribution >= 0.6 is 0 Å². The Morgan fingerprint density at radius 1 is 1.29 bits per heavy atom. The van der Waals surface area contributed by atoms with Crippen LogP contribution < -0.4 is 0 Å². The summed E-state index contributed by atoms with van der Waals surface area (Å²) in [5.41, 5.74) is 1.04. The maximum Gasteiger partial charge on any atom is 0.303 e. The van der Waals surface area contributed by atoms with Crippen molar-refractivity contribution >= 4 is 5.97 Å². The lowest BCUT2D eigenvalue weighted by Gasteiger charge is -2.02. The van der Waals surface area contributed by atoms with Crippen LogP contribution in [-0.2, 0) is 9.53 Å². The largest absolute Gasteiger partial charge is 0.481 e. The summed E-state index contributed by atoms with van der Waals surface area (Å²) in [7, 11) is 0. The highest BCUT2D eigenvalue weighted by Gasteiger charge is 1.96. The van der Waals surface area contributed by atoms with Crippen LogP contribution in [0.2, 0.25) is 0 Å². The molecule has 0 aromatic carbocycles. The number of ether oxygens (including phenoxy) is 1. The quantitative estimate of drug-likeness (QED) is 0.459. The van der Waals surface area contributed by atoms with Gasteiger partial charge in [-0.2, -0.15) is 0 Å². The Hall–Kier alpha value is -0.830. The van der Waals surface area contributed by atoms with Crippen molar-refractivity contribution in [2.24, 2.45) is 0 Å². The standard InChI is InChI=1S/C11H20O3/c1-10(2)9-14-8-6-4-3-5-7-11(12)13/h1,3-9H2,2H3,(H,12,13). The highest BCUT2D eigenvalue weighted by Crippen LogP contribution is 2.03. The first-order valence-electron chi connectivity index (χ1n) is 5.07. The lowest BCUT2D eigenvalue weighted by atomic mass is 10.1. The summed E-state index contributed by atoms with van der Waals surface area (Å²) in [5.74, 6) is -0.705. The van der Waals surface area contributed by atoms with E-state index in [2.05, 4.69) is 6.58 Å². The monoisotopic (exact) mass is 200 g/mol. The molecule has 0 bridgehead atoms. The third kappa shape index (κ3) is 11.2. The van der Waals surface area contributed by atoms with Crippen LogP contribution in [0.15, 0.2) is 12.2 Å². The molecule has 0 saturated carbocycles. The fraction of sp³-hybridized carbons (Fsp3) is 0.727. The first-order chi connectivity index (χ1) is 6.63. The summed E-state index contributed by atoms with van der Waals surface area (Å²) in [6.45, 7) is 7.05. The molecule has 0 radical (unpaired) electrons. The minimum Gasteiger partial charge on any atom is -0.481 e. The predicted molar refractivity (Wildman–Crippen MR) is 56.4 cm³/mol. The van der Waals surface area contributed by atoms with Crippen LogP contribution in [0.3, 0.4) is 0 Å². The summed E-state index contributed by atoms with van der Waals surface area (Å²) in [5, 5.41) is 8.38. The SMILES string of the molecule is C=C(C)COCCCCCCC(=O)O. The van der Waals surface area contributed by atoms with Gasteiger partial charge >= 0.3 is 5.97 Å². The zero-order chi connectivity index (χ0) is 10.8. The van der Waals surface area contributed by atoms with Crippen LogP contribution in [0, 0.1) is 0 Å². The Morgan fingerprint density at radius 2 is 1.93 bits per heavy atom. The molecule has 0 spiro atoms. The number of hydrogen-bond acceptors (Lipinski definition) is 2. The second kappa shape index (κ2) is 8.75. The van der Waals surface area contributed by atoms with Gasteiger partial charge in [0.25, 0.3) is 0 Å². The second-order valence-corrected chi connectivity index (χ2v) is 3.57. The van der Waals surface area contributed by atoms with Gasteiger partial charge in [-0.05, 0) is 19.8 Å². The normalized spacial score (nSPS) is 10.1. The molecule has 14 heavy (non-hydrogen) atoms. The Morgan fingerprint density at radius 3 is 2.50 bits per heavy atom. The number of rotatable bonds is 9. The highest BCUT2D eigenvalue weighted by molar-refractivity contribution is 5.66. The van der Waals surface area contributed by atoms with E-state index >= 15 is 0 Å².